The fourth-order valence-corrected chi connectivity index (χ4v) is 3.99. The number of aliphatic hydroxyl groups excluding tert-OH is 1. The number of carbonyl (C=O) groups is 1. The first-order valence-electron chi connectivity index (χ1n) is 12.8. The number of rotatable bonds is 21. The highest BCUT2D eigenvalue weighted by molar-refractivity contribution is 5.74. The van der Waals surface area contributed by atoms with Crippen molar-refractivity contribution in [3.8, 4) is 0 Å². The van der Waals surface area contributed by atoms with Crippen LogP contribution in [0.25, 0.3) is 0 Å². The number of hydrogen-bond donors (Lipinski definition) is 2. The van der Waals surface area contributed by atoms with Gasteiger partial charge in [0.2, 0.25) is 0 Å². The van der Waals surface area contributed by atoms with Crippen molar-refractivity contribution in [2.45, 2.75) is 136 Å². The van der Waals surface area contributed by atoms with Gasteiger partial charge in [0.15, 0.2) is 0 Å². The minimum Gasteiger partial charge on any atom is -0.390 e. The summed E-state index contributed by atoms with van der Waals surface area (Å²) < 4.78 is 0.435. The summed E-state index contributed by atoms with van der Waals surface area (Å²) in [4.78, 5) is 12.3. The van der Waals surface area contributed by atoms with Gasteiger partial charge in [-0.2, -0.15) is 0 Å². The first-order valence-corrected chi connectivity index (χ1v) is 12.8. The lowest BCUT2D eigenvalue weighted by atomic mass is 10.0. The third kappa shape index (κ3) is 15.8. The molecule has 0 bridgehead atoms. The van der Waals surface area contributed by atoms with Crippen LogP contribution in [-0.4, -0.2) is 41.8 Å². The third-order valence-electron chi connectivity index (χ3n) is 6.52. The number of nitrogens with one attached hydrogen (secondary N) is 1. The summed E-state index contributed by atoms with van der Waals surface area (Å²) in [5, 5.41) is 9.31. The molecule has 0 aromatic heterocycles. The summed E-state index contributed by atoms with van der Waals surface area (Å²) in [5.41, 5.74) is 3.13. The number of quaternary nitrogens is 1. The van der Waals surface area contributed by atoms with Gasteiger partial charge in [0.1, 0.15) is 12.6 Å². The number of amides is 1. The highest BCUT2D eigenvalue weighted by Crippen LogP contribution is 2.14. The van der Waals surface area contributed by atoms with E-state index in [1.807, 2.05) is 7.05 Å². The summed E-state index contributed by atoms with van der Waals surface area (Å²) in [6, 6.07) is 0.312. The normalized spacial score (nSPS) is 14.5. The van der Waals surface area contributed by atoms with Crippen molar-refractivity contribution in [3.05, 3.63) is 0 Å². The van der Waals surface area contributed by atoms with Crippen molar-refractivity contribution < 1.29 is 14.5 Å². The molecule has 174 valence electrons. The lowest BCUT2D eigenvalue weighted by Crippen LogP contribution is -2.63. The molecule has 0 aliphatic heterocycles. The van der Waals surface area contributed by atoms with Gasteiger partial charge in [-0.25, -0.2) is 10.0 Å². The molecule has 0 aliphatic rings. The molecule has 2 unspecified atom stereocenters. The number of aliphatic hydroxyl groups is 1. The molecule has 1 amide bonds. The van der Waals surface area contributed by atoms with E-state index in [9.17, 15) is 9.90 Å². The van der Waals surface area contributed by atoms with Crippen LogP contribution in [0.2, 0.25) is 0 Å². The Morgan fingerprint density at radius 1 is 0.793 bits per heavy atom. The summed E-state index contributed by atoms with van der Waals surface area (Å²) in [5.74, 6) is 0.121. The van der Waals surface area contributed by atoms with Crippen LogP contribution in [0.1, 0.15) is 130 Å². The van der Waals surface area contributed by atoms with Gasteiger partial charge in [-0.1, -0.05) is 104 Å². The average molecular weight is 414 g/mol. The number of nitrogens with zero attached hydrogens (tertiary/aromatic N) is 1. The molecule has 0 aromatic carbocycles. The average Bonchev–Trinajstić information content (AvgIpc) is 2.70. The van der Waals surface area contributed by atoms with Crippen LogP contribution in [0.15, 0.2) is 0 Å². The lowest BCUT2D eigenvalue weighted by Gasteiger charge is -2.38. The zero-order chi connectivity index (χ0) is 21.8. The van der Waals surface area contributed by atoms with Crippen LogP contribution >= 0.6 is 0 Å². The maximum atomic E-state index is 12.3. The summed E-state index contributed by atoms with van der Waals surface area (Å²) >= 11 is 0. The second-order valence-electron chi connectivity index (χ2n) is 9.21. The summed E-state index contributed by atoms with van der Waals surface area (Å²) in [6.07, 6.45) is 21.7. The quantitative estimate of drug-likeness (QED) is 0.128. The van der Waals surface area contributed by atoms with E-state index in [2.05, 4.69) is 26.2 Å². The minimum absolute atomic E-state index is 0.0973. The second-order valence-corrected chi connectivity index (χ2v) is 9.21. The Kier molecular flexibility index (Phi) is 19.0. The molecule has 4 heteroatoms. The van der Waals surface area contributed by atoms with E-state index in [0.717, 1.165) is 19.3 Å². The zero-order valence-corrected chi connectivity index (χ0v) is 20.3. The second kappa shape index (κ2) is 19.4. The summed E-state index contributed by atoms with van der Waals surface area (Å²) in [7, 11) is 2.01. The molecule has 0 saturated heterocycles. The Morgan fingerprint density at radius 3 is 1.59 bits per heavy atom. The topological polar surface area (TPSA) is 49.3 Å². The minimum atomic E-state index is 0.0973. The highest BCUT2D eigenvalue weighted by atomic mass is 16.3. The van der Waals surface area contributed by atoms with Gasteiger partial charge in [0, 0.05) is 6.42 Å². The van der Waals surface area contributed by atoms with E-state index in [1.165, 1.54) is 83.5 Å². The highest BCUT2D eigenvalue weighted by Gasteiger charge is 2.29. The third-order valence-corrected chi connectivity index (χ3v) is 6.52. The molecule has 0 rings (SSSR count). The van der Waals surface area contributed by atoms with Gasteiger partial charge >= 0.3 is 0 Å². The van der Waals surface area contributed by atoms with Gasteiger partial charge in [-0.3, -0.25) is 4.79 Å². The first-order chi connectivity index (χ1) is 14.0. The van der Waals surface area contributed by atoms with Crippen molar-refractivity contribution in [2.24, 2.45) is 0 Å². The number of carbonyl (C=O) groups excluding carboxylic acids is 1. The van der Waals surface area contributed by atoms with E-state index in [1.54, 1.807) is 0 Å². The first kappa shape index (κ1) is 28.4. The van der Waals surface area contributed by atoms with Crippen LogP contribution in [0.3, 0.4) is 0 Å². The Hall–Kier alpha value is -0.610. The lowest BCUT2D eigenvalue weighted by molar-refractivity contribution is -0.965. The van der Waals surface area contributed by atoms with Crippen LogP contribution in [-0.2, 0) is 4.79 Å². The van der Waals surface area contributed by atoms with Crippen LogP contribution in [0, 0.1) is 0 Å². The molecule has 0 radical (unpaired) electrons. The molecule has 0 aromatic rings. The van der Waals surface area contributed by atoms with E-state index >= 15 is 0 Å². The molecular weight excluding hydrogens is 360 g/mol. The molecule has 0 saturated carbocycles. The molecular formula is C25H53N2O2+. The smallest absolute Gasteiger partial charge is 0.264 e. The van der Waals surface area contributed by atoms with Crippen LogP contribution in [0.4, 0.5) is 0 Å². The van der Waals surface area contributed by atoms with Crippen molar-refractivity contribution in [1.82, 2.24) is 5.43 Å². The SMILES string of the molecule is CCCCCCCCCCCCCCCCCC(=O)N[N+](C)(CCO)C(C)CC. The molecule has 4 nitrogen and oxygen atoms in total. The molecule has 0 aliphatic carbocycles. The zero-order valence-electron chi connectivity index (χ0n) is 20.3. The van der Waals surface area contributed by atoms with Crippen molar-refractivity contribution in [1.29, 1.82) is 0 Å². The molecule has 0 fully saturated rings. The number of likely N-dealkylation sites (N-methyl/N-ethyl adjacent to an activating group) is 1. The largest absolute Gasteiger partial charge is 0.390 e. The monoisotopic (exact) mass is 413 g/mol. The maximum absolute atomic E-state index is 12.3. The van der Waals surface area contributed by atoms with Crippen molar-refractivity contribution >= 4 is 5.91 Å². The van der Waals surface area contributed by atoms with Gasteiger partial charge in [-0.15, -0.1) is 0 Å². The Bertz CT molecular complexity index is 376. The van der Waals surface area contributed by atoms with E-state index in [-0.39, 0.29) is 12.5 Å². The standard InChI is InChI=1S/C25H52N2O2/c1-5-7-8-9-10-11-12-13-14-15-16-17-18-19-20-21-25(29)26-27(4,22-23-28)24(3)6-2/h24,28H,5-23H2,1-4H3/p+1. The molecule has 0 heterocycles. The number of unbranched alkanes of at least 4 members (excludes halogenated alkanes) is 14. The van der Waals surface area contributed by atoms with E-state index in [0.29, 0.717) is 23.6 Å². The van der Waals surface area contributed by atoms with Gasteiger partial charge in [-0.05, 0) is 19.8 Å². The van der Waals surface area contributed by atoms with Crippen LogP contribution < -0.4 is 5.43 Å². The molecule has 2 atom stereocenters. The summed E-state index contributed by atoms with van der Waals surface area (Å²) in [6.45, 7) is 7.20. The Morgan fingerprint density at radius 2 is 1.21 bits per heavy atom. The Balaban J connectivity index is 3.53. The van der Waals surface area contributed by atoms with Gasteiger partial charge < -0.3 is 5.11 Å². The molecule has 0 spiro atoms. The number of hydrogen-bond acceptors (Lipinski definition) is 2. The maximum Gasteiger partial charge on any atom is 0.264 e. The van der Waals surface area contributed by atoms with Crippen molar-refractivity contribution in [3.63, 3.8) is 0 Å². The van der Waals surface area contributed by atoms with Gasteiger partial charge in [0.25, 0.3) is 5.91 Å². The fraction of sp³-hybridized carbons (Fsp3) is 0.960. The van der Waals surface area contributed by atoms with Gasteiger partial charge in [0.05, 0.1) is 13.7 Å². The molecule has 29 heavy (non-hydrogen) atoms. The van der Waals surface area contributed by atoms with E-state index < -0.39 is 0 Å². The predicted molar refractivity (Wildman–Crippen MR) is 126 cm³/mol. The fourth-order valence-electron chi connectivity index (χ4n) is 3.99. The van der Waals surface area contributed by atoms with E-state index in [4.69, 9.17) is 0 Å². The predicted octanol–water partition coefficient (Wildman–Crippen LogP) is 6.52. The molecule has 2 N–H and O–H groups in total. The van der Waals surface area contributed by atoms with Crippen LogP contribution in [0.5, 0.6) is 0 Å². The van der Waals surface area contributed by atoms with Crippen molar-refractivity contribution in [2.75, 3.05) is 20.2 Å². The Labute approximate surface area is 182 Å².